The molecular weight excluding hydrogens is 172 g/mol. The highest BCUT2D eigenvalue weighted by Gasteiger charge is 1.98. The minimum Gasteiger partial charge on any atom is -0.240 e. The van der Waals surface area contributed by atoms with Gasteiger partial charge in [0.2, 0.25) is 6.33 Å². The van der Waals surface area contributed by atoms with Crippen LogP contribution in [0, 0.1) is 0 Å². The van der Waals surface area contributed by atoms with E-state index < -0.39 is 0 Å². The van der Waals surface area contributed by atoms with Gasteiger partial charge in [-0.05, 0) is 19.3 Å². The molecule has 0 unspecified atom stereocenters. The molecule has 0 fully saturated rings. The quantitative estimate of drug-likeness (QED) is 0.377. The first kappa shape index (κ1) is 9.59. The number of hydrogen-bond donors (Lipinski definition) is 0. The second-order valence-electron chi connectivity index (χ2n) is 3.07. The fraction of sp³-hybridized carbons (Fsp3) is 0.667. The molecule has 0 saturated carbocycles. The van der Waals surface area contributed by atoms with Gasteiger partial charge in [0.1, 0.15) is 12.4 Å². The Balaban J connectivity index is 2.15. The molecule has 1 aromatic rings. The summed E-state index contributed by atoms with van der Waals surface area (Å²) < 4.78 is 4.26. The van der Waals surface area contributed by atoms with Gasteiger partial charge in [-0.1, -0.05) is 0 Å². The van der Waals surface area contributed by atoms with Gasteiger partial charge in [0, 0.05) is 5.88 Å². The number of halogens is 1. The number of aromatic nitrogens is 2. The zero-order valence-corrected chi connectivity index (χ0v) is 8.30. The van der Waals surface area contributed by atoms with Crippen LogP contribution in [0.5, 0.6) is 0 Å². The molecule has 0 amide bonds. The summed E-state index contributed by atoms with van der Waals surface area (Å²) in [4.78, 5) is 0. The number of aryl methyl sites for hydroxylation is 2. The molecule has 68 valence electrons. The molecule has 0 aliphatic rings. The lowest BCUT2D eigenvalue weighted by atomic mass is 10.2. The van der Waals surface area contributed by atoms with Crippen molar-refractivity contribution in [3.63, 3.8) is 0 Å². The topological polar surface area (TPSA) is 8.81 Å². The summed E-state index contributed by atoms with van der Waals surface area (Å²) >= 11 is 5.58. The average Bonchev–Trinajstić information content (AvgIpc) is 2.45. The van der Waals surface area contributed by atoms with Crippen LogP contribution >= 0.6 is 11.6 Å². The molecule has 1 heterocycles. The number of imidazole rings is 1. The normalized spacial score (nSPS) is 10.5. The summed E-state index contributed by atoms with van der Waals surface area (Å²) in [6.45, 7) is 1.11. The van der Waals surface area contributed by atoms with Gasteiger partial charge in [-0.3, -0.25) is 0 Å². The Kier molecular flexibility index (Phi) is 4.15. The van der Waals surface area contributed by atoms with E-state index in [1.807, 2.05) is 7.05 Å². The first-order chi connectivity index (χ1) is 5.83. The zero-order valence-electron chi connectivity index (χ0n) is 7.54. The summed E-state index contributed by atoms with van der Waals surface area (Å²) in [5.41, 5.74) is 0. The first-order valence-corrected chi connectivity index (χ1v) is 4.93. The standard InChI is InChI=1S/C9H16ClN2/c1-11-7-8-12(9-11)6-4-2-3-5-10/h7-9H,2-6H2,1H3/q+1. The van der Waals surface area contributed by atoms with Gasteiger partial charge in [-0.2, -0.15) is 0 Å². The molecule has 3 heteroatoms. The van der Waals surface area contributed by atoms with Crippen LogP contribution in [-0.4, -0.2) is 10.4 Å². The third-order valence-electron chi connectivity index (χ3n) is 1.87. The monoisotopic (exact) mass is 187 g/mol. The van der Waals surface area contributed by atoms with Crippen LogP contribution in [0.2, 0.25) is 0 Å². The van der Waals surface area contributed by atoms with Crippen LogP contribution in [0.1, 0.15) is 19.3 Å². The van der Waals surface area contributed by atoms with Crippen LogP contribution < -0.4 is 4.57 Å². The SMILES string of the molecule is C[n+]1ccn(CCCCCCl)c1. The van der Waals surface area contributed by atoms with E-state index in [1.165, 1.54) is 12.8 Å². The molecule has 0 aliphatic heterocycles. The zero-order chi connectivity index (χ0) is 8.81. The molecular formula is C9H16ClN2+. The Morgan fingerprint density at radius 2 is 2.17 bits per heavy atom. The van der Waals surface area contributed by atoms with Crippen molar-refractivity contribution in [2.45, 2.75) is 25.8 Å². The molecule has 12 heavy (non-hydrogen) atoms. The van der Waals surface area contributed by atoms with E-state index in [4.69, 9.17) is 11.6 Å². The van der Waals surface area contributed by atoms with Gasteiger partial charge in [0.15, 0.2) is 0 Å². The van der Waals surface area contributed by atoms with Gasteiger partial charge in [-0.15, -0.1) is 11.6 Å². The maximum absolute atomic E-state index is 5.58. The lowest BCUT2D eigenvalue weighted by molar-refractivity contribution is -0.671. The Morgan fingerprint density at radius 1 is 1.33 bits per heavy atom. The Morgan fingerprint density at radius 3 is 2.75 bits per heavy atom. The summed E-state index contributed by atoms with van der Waals surface area (Å²) in [6.07, 6.45) is 9.84. The maximum Gasteiger partial charge on any atom is 0.243 e. The van der Waals surface area contributed by atoms with Gasteiger partial charge in [0.25, 0.3) is 0 Å². The predicted octanol–water partition coefficient (Wildman–Crippen LogP) is 1.72. The third kappa shape index (κ3) is 3.26. The van der Waals surface area contributed by atoms with E-state index in [0.29, 0.717) is 0 Å². The van der Waals surface area contributed by atoms with Crippen LogP contribution in [0.25, 0.3) is 0 Å². The van der Waals surface area contributed by atoms with Gasteiger partial charge >= 0.3 is 0 Å². The van der Waals surface area contributed by atoms with Crippen LogP contribution in [0.3, 0.4) is 0 Å². The van der Waals surface area contributed by atoms with Gasteiger partial charge in [0.05, 0.1) is 13.6 Å². The maximum atomic E-state index is 5.58. The Labute approximate surface area is 78.8 Å². The fourth-order valence-electron chi connectivity index (χ4n) is 1.20. The number of rotatable bonds is 5. The van der Waals surface area contributed by atoms with Crippen molar-refractivity contribution >= 4 is 11.6 Å². The van der Waals surface area contributed by atoms with Crippen molar-refractivity contribution in [2.24, 2.45) is 7.05 Å². The number of unbranched alkanes of at least 4 members (excludes halogenated alkanes) is 2. The van der Waals surface area contributed by atoms with Crippen molar-refractivity contribution < 1.29 is 4.57 Å². The number of hydrogen-bond acceptors (Lipinski definition) is 0. The molecule has 1 aromatic heterocycles. The molecule has 0 atom stereocenters. The average molecular weight is 188 g/mol. The van der Waals surface area contributed by atoms with Crippen molar-refractivity contribution in [1.82, 2.24) is 4.57 Å². The molecule has 0 spiro atoms. The minimum atomic E-state index is 0.791. The van der Waals surface area contributed by atoms with E-state index in [1.54, 1.807) is 0 Å². The molecule has 2 nitrogen and oxygen atoms in total. The summed E-state index contributed by atoms with van der Waals surface area (Å²) in [5, 5.41) is 0. The van der Waals surface area contributed by atoms with E-state index in [2.05, 4.69) is 27.9 Å². The van der Waals surface area contributed by atoms with Crippen molar-refractivity contribution in [1.29, 1.82) is 0 Å². The van der Waals surface area contributed by atoms with E-state index in [9.17, 15) is 0 Å². The Hall–Kier alpha value is -0.500. The number of nitrogens with zero attached hydrogens (tertiary/aromatic N) is 2. The van der Waals surface area contributed by atoms with Crippen molar-refractivity contribution in [2.75, 3.05) is 5.88 Å². The molecule has 0 N–H and O–H groups in total. The van der Waals surface area contributed by atoms with Crippen molar-refractivity contribution in [3.05, 3.63) is 18.7 Å². The van der Waals surface area contributed by atoms with E-state index in [0.717, 1.165) is 18.8 Å². The van der Waals surface area contributed by atoms with E-state index in [-0.39, 0.29) is 0 Å². The van der Waals surface area contributed by atoms with Crippen LogP contribution in [0.15, 0.2) is 18.7 Å². The summed E-state index contributed by atoms with van der Waals surface area (Å²) in [6, 6.07) is 0. The minimum absolute atomic E-state index is 0.791. The van der Waals surface area contributed by atoms with Gasteiger partial charge < -0.3 is 0 Å². The molecule has 0 saturated heterocycles. The lowest BCUT2D eigenvalue weighted by Gasteiger charge is -1.94. The highest BCUT2D eigenvalue weighted by atomic mass is 35.5. The predicted molar refractivity (Wildman–Crippen MR) is 50.2 cm³/mol. The Bertz CT molecular complexity index is 220. The fourth-order valence-corrected chi connectivity index (χ4v) is 1.39. The smallest absolute Gasteiger partial charge is 0.240 e. The first-order valence-electron chi connectivity index (χ1n) is 4.40. The number of alkyl halides is 1. The highest BCUT2D eigenvalue weighted by Crippen LogP contribution is 1.99. The lowest BCUT2D eigenvalue weighted by Crippen LogP contribution is -2.23. The highest BCUT2D eigenvalue weighted by molar-refractivity contribution is 6.17. The van der Waals surface area contributed by atoms with Gasteiger partial charge in [-0.25, -0.2) is 9.13 Å². The van der Waals surface area contributed by atoms with Crippen LogP contribution in [0.4, 0.5) is 0 Å². The molecule has 0 bridgehead atoms. The van der Waals surface area contributed by atoms with E-state index >= 15 is 0 Å². The summed E-state index contributed by atoms with van der Waals surface area (Å²) in [7, 11) is 2.04. The van der Waals surface area contributed by atoms with Crippen LogP contribution in [-0.2, 0) is 13.6 Å². The second kappa shape index (κ2) is 5.20. The van der Waals surface area contributed by atoms with Crippen molar-refractivity contribution in [3.8, 4) is 0 Å². The molecule has 0 aliphatic carbocycles. The molecule has 1 rings (SSSR count). The molecule has 0 aromatic carbocycles. The second-order valence-corrected chi connectivity index (χ2v) is 3.44. The summed E-state index contributed by atoms with van der Waals surface area (Å²) in [5.74, 6) is 0.791. The third-order valence-corrected chi connectivity index (χ3v) is 2.14. The largest absolute Gasteiger partial charge is 0.243 e. The molecule has 0 radical (unpaired) electrons.